The molecular weight excluding hydrogens is 265 g/mol. The quantitative estimate of drug-likeness (QED) is 0.888. The number of aryl methyl sites for hydroxylation is 3. The van der Waals surface area contributed by atoms with E-state index in [-0.39, 0.29) is 12.4 Å². The third-order valence-electron chi connectivity index (χ3n) is 3.75. The number of aliphatic hydroxyl groups is 1. The summed E-state index contributed by atoms with van der Waals surface area (Å²) in [6.45, 7) is 7.75. The van der Waals surface area contributed by atoms with Crippen molar-refractivity contribution in [1.82, 2.24) is 0 Å². The van der Waals surface area contributed by atoms with E-state index < -0.39 is 5.54 Å². The van der Waals surface area contributed by atoms with E-state index in [1.807, 2.05) is 45.9 Å². The maximum absolute atomic E-state index is 13.5. The van der Waals surface area contributed by atoms with Crippen molar-refractivity contribution in [3.8, 4) is 0 Å². The van der Waals surface area contributed by atoms with E-state index in [2.05, 4.69) is 11.4 Å². The fourth-order valence-electron chi connectivity index (χ4n) is 2.75. The first-order valence-corrected chi connectivity index (χ1v) is 7.08. The van der Waals surface area contributed by atoms with Gasteiger partial charge in [0, 0.05) is 5.69 Å². The average molecular weight is 287 g/mol. The largest absolute Gasteiger partial charge is 0.394 e. The van der Waals surface area contributed by atoms with Gasteiger partial charge in [-0.25, -0.2) is 4.39 Å². The molecule has 21 heavy (non-hydrogen) atoms. The molecule has 0 aliphatic carbocycles. The highest BCUT2D eigenvalue weighted by Gasteiger charge is 2.27. The molecule has 2 nitrogen and oxygen atoms in total. The first kappa shape index (κ1) is 15.5. The van der Waals surface area contributed by atoms with Gasteiger partial charge in [0.05, 0.1) is 12.1 Å². The first-order chi connectivity index (χ1) is 9.84. The fourth-order valence-corrected chi connectivity index (χ4v) is 2.75. The number of nitrogens with one attached hydrogen (secondary N) is 1. The number of hydrogen-bond acceptors (Lipinski definition) is 2. The number of halogens is 1. The summed E-state index contributed by atoms with van der Waals surface area (Å²) in [6, 6.07) is 10.9. The van der Waals surface area contributed by atoms with Crippen molar-refractivity contribution in [3.63, 3.8) is 0 Å². The molecule has 2 N–H and O–H groups in total. The molecule has 0 aliphatic heterocycles. The number of hydrogen-bond donors (Lipinski definition) is 2. The predicted molar refractivity (Wildman–Crippen MR) is 85.1 cm³/mol. The van der Waals surface area contributed by atoms with E-state index in [0.29, 0.717) is 5.69 Å². The van der Waals surface area contributed by atoms with Crippen LogP contribution in [0.3, 0.4) is 0 Å². The van der Waals surface area contributed by atoms with E-state index in [9.17, 15) is 9.50 Å². The van der Waals surface area contributed by atoms with Crippen LogP contribution in [0.5, 0.6) is 0 Å². The van der Waals surface area contributed by atoms with Gasteiger partial charge in [0.2, 0.25) is 0 Å². The van der Waals surface area contributed by atoms with Crippen molar-refractivity contribution >= 4 is 5.69 Å². The Balaban J connectivity index is 2.41. The summed E-state index contributed by atoms with van der Waals surface area (Å²) in [4.78, 5) is 0. The smallest absolute Gasteiger partial charge is 0.125 e. The Kier molecular flexibility index (Phi) is 4.33. The normalized spacial score (nSPS) is 13.8. The van der Waals surface area contributed by atoms with E-state index in [1.54, 1.807) is 0 Å². The highest BCUT2D eigenvalue weighted by Crippen LogP contribution is 2.29. The third kappa shape index (κ3) is 3.42. The molecule has 2 aromatic rings. The van der Waals surface area contributed by atoms with Crippen LogP contribution in [0.15, 0.2) is 36.4 Å². The predicted octanol–water partition coefficient (Wildman–Crippen LogP) is 4.07. The molecular formula is C18H22FNO. The van der Waals surface area contributed by atoms with Crippen LogP contribution < -0.4 is 5.32 Å². The molecule has 1 atom stereocenters. The van der Waals surface area contributed by atoms with Gasteiger partial charge in [-0.1, -0.05) is 23.8 Å². The van der Waals surface area contributed by atoms with Gasteiger partial charge in [-0.3, -0.25) is 0 Å². The lowest BCUT2D eigenvalue weighted by Crippen LogP contribution is -2.36. The highest BCUT2D eigenvalue weighted by molar-refractivity contribution is 5.51. The Bertz CT molecular complexity index is 633. The number of rotatable bonds is 4. The van der Waals surface area contributed by atoms with Crippen LogP contribution >= 0.6 is 0 Å². The van der Waals surface area contributed by atoms with Gasteiger partial charge in [0.25, 0.3) is 0 Å². The lowest BCUT2D eigenvalue weighted by atomic mass is 9.88. The standard InChI is InChI=1S/C18H22FNO/c1-12-5-6-17(14(3)7-12)18(4,11-21)20-16-9-13(2)8-15(19)10-16/h5-10,20-21H,11H2,1-4H3. The second-order valence-electron chi connectivity index (χ2n) is 5.95. The Hall–Kier alpha value is -1.87. The fraction of sp³-hybridized carbons (Fsp3) is 0.333. The Morgan fingerprint density at radius 3 is 2.33 bits per heavy atom. The SMILES string of the molecule is Cc1cc(F)cc(NC(C)(CO)c2ccc(C)cc2C)c1. The van der Waals surface area contributed by atoms with Gasteiger partial charge >= 0.3 is 0 Å². The zero-order chi connectivity index (χ0) is 15.6. The lowest BCUT2D eigenvalue weighted by molar-refractivity contribution is 0.223. The van der Waals surface area contributed by atoms with Gasteiger partial charge in [-0.2, -0.15) is 0 Å². The molecule has 0 radical (unpaired) electrons. The van der Waals surface area contributed by atoms with Crippen LogP contribution in [0.2, 0.25) is 0 Å². The molecule has 112 valence electrons. The molecule has 2 rings (SSSR count). The Morgan fingerprint density at radius 2 is 1.76 bits per heavy atom. The minimum absolute atomic E-state index is 0.0769. The highest BCUT2D eigenvalue weighted by atomic mass is 19.1. The van der Waals surface area contributed by atoms with Crippen LogP contribution in [0.4, 0.5) is 10.1 Å². The second-order valence-corrected chi connectivity index (χ2v) is 5.95. The first-order valence-electron chi connectivity index (χ1n) is 7.08. The van der Waals surface area contributed by atoms with Crippen LogP contribution in [0, 0.1) is 26.6 Å². The molecule has 2 aromatic carbocycles. The lowest BCUT2D eigenvalue weighted by Gasteiger charge is -2.32. The molecule has 0 aliphatic rings. The molecule has 0 bridgehead atoms. The van der Waals surface area contributed by atoms with E-state index in [1.165, 1.54) is 17.7 Å². The van der Waals surface area contributed by atoms with Gasteiger partial charge in [0.15, 0.2) is 0 Å². The molecule has 0 fully saturated rings. The van der Waals surface area contributed by atoms with Crippen LogP contribution in [0.1, 0.15) is 29.2 Å². The van der Waals surface area contributed by atoms with Crippen molar-refractivity contribution in [2.45, 2.75) is 33.2 Å². The third-order valence-corrected chi connectivity index (χ3v) is 3.75. The molecule has 0 aromatic heterocycles. The topological polar surface area (TPSA) is 32.3 Å². The number of anilines is 1. The zero-order valence-electron chi connectivity index (χ0n) is 13.0. The van der Waals surface area contributed by atoms with Gasteiger partial charge < -0.3 is 10.4 Å². The molecule has 1 unspecified atom stereocenters. The molecule has 0 spiro atoms. The van der Waals surface area contributed by atoms with Crippen molar-refractivity contribution in [1.29, 1.82) is 0 Å². The minimum Gasteiger partial charge on any atom is -0.394 e. The molecule has 0 saturated heterocycles. The van der Waals surface area contributed by atoms with E-state index in [0.717, 1.165) is 16.7 Å². The monoisotopic (exact) mass is 287 g/mol. The summed E-state index contributed by atoms with van der Waals surface area (Å²) in [5, 5.41) is 13.1. The van der Waals surface area contributed by atoms with Crippen LogP contribution in [-0.2, 0) is 5.54 Å². The van der Waals surface area contributed by atoms with Crippen LogP contribution in [-0.4, -0.2) is 11.7 Å². The van der Waals surface area contributed by atoms with Gasteiger partial charge in [-0.15, -0.1) is 0 Å². The summed E-state index contributed by atoms with van der Waals surface area (Å²) >= 11 is 0. The minimum atomic E-state index is -0.655. The van der Waals surface area contributed by atoms with Crippen molar-refractivity contribution in [2.24, 2.45) is 0 Å². The average Bonchev–Trinajstić information content (AvgIpc) is 2.37. The molecule has 3 heteroatoms. The molecule has 0 amide bonds. The zero-order valence-corrected chi connectivity index (χ0v) is 13.0. The summed E-state index contributed by atoms with van der Waals surface area (Å²) < 4.78 is 13.5. The second kappa shape index (κ2) is 5.86. The molecule has 0 saturated carbocycles. The van der Waals surface area contributed by atoms with Gasteiger partial charge in [0.1, 0.15) is 5.82 Å². The van der Waals surface area contributed by atoms with E-state index >= 15 is 0 Å². The number of benzene rings is 2. The Labute approximate surface area is 125 Å². The number of aliphatic hydroxyl groups excluding tert-OH is 1. The summed E-state index contributed by atoms with van der Waals surface area (Å²) in [5.41, 5.74) is 4.16. The van der Waals surface area contributed by atoms with E-state index in [4.69, 9.17) is 0 Å². The summed E-state index contributed by atoms with van der Waals surface area (Å²) in [6.07, 6.45) is 0. The summed E-state index contributed by atoms with van der Waals surface area (Å²) in [7, 11) is 0. The van der Waals surface area contributed by atoms with Crippen molar-refractivity contribution in [3.05, 3.63) is 64.5 Å². The van der Waals surface area contributed by atoms with Crippen LogP contribution in [0.25, 0.3) is 0 Å². The summed E-state index contributed by atoms with van der Waals surface area (Å²) in [5.74, 6) is -0.279. The van der Waals surface area contributed by atoms with Gasteiger partial charge in [-0.05, 0) is 62.6 Å². The maximum Gasteiger partial charge on any atom is 0.125 e. The van der Waals surface area contributed by atoms with Crippen molar-refractivity contribution in [2.75, 3.05) is 11.9 Å². The Morgan fingerprint density at radius 1 is 1.05 bits per heavy atom. The maximum atomic E-state index is 13.5. The molecule has 0 heterocycles. The van der Waals surface area contributed by atoms with Crippen molar-refractivity contribution < 1.29 is 9.50 Å².